The normalized spacial score (nSPS) is 44.6. The zero-order valence-corrected chi connectivity index (χ0v) is 12.3. The fourth-order valence-electron chi connectivity index (χ4n) is 4.45. The van der Waals surface area contributed by atoms with Gasteiger partial charge in [0.2, 0.25) is 5.91 Å². The van der Waals surface area contributed by atoms with E-state index in [2.05, 4.69) is 20.8 Å². The number of hydrogen-bond donors (Lipinski definition) is 1. The Kier molecular flexibility index (Phi) is 2.95. The topological polar surface area (TPSA) is 55.6 Å². The maximum atomic E-state index is 13.0. The molecular formula is C15H26N2O2. The Balaban J connectivity index is 1.82. The smallest absolute Gasteiger partial charge is 0.243 e. The van der Waals surface area contributed by atoms with Gasteiger partial charge in [-0.05, 0) is 25.2 Å². The molecule has 0 bridgehead atoms. The molecule has 3 aliphatic rings. The third kappa shape index (κ3) is 1.62. The summed E-state index contributed by atoms with van der Waals surface area (Å²) >= 11 is 0. The van der Waals surface area contributed by atoms with Crippen LogP contribution in [0.5, 0.6) is 0 Å². The van der Waals surface area contributed by atoms with Gasteiger partial charge in [-0.25, -0.2) is 0 Å². The Bertz CT molecular complexity index is 396. The molecule has 3 fully saturated rings. The van der Waals surface area contributed by atoms with Gasteiger partial charge in [0.1, 0.15) is 5.54 Å². The second-order valence-electron chi connectivity index (χ2n) is 7.28. The summed E-state index contributed by atoms with van der Waals surface area (Å²) in [7, 11) is 0. The molecule has 2 aliphatic heterocycles. The highest BCUT2D eigenvalue weighted by molar-refractivity contribution is 5.89. The van der Waals surface area contributed by atoms with Crippen molar-refractivity contribution in [3.63, 3.8) is 0 Å². The fourth-order valence-corrected chi connectivity index (χ4v) is 4.45. The van der Waals surface area contributed by atoms with Crippen LogP contribution in [0.3, 0.4) is 0 Å². The summed E-state index contributed by atoms with van der Waals surface area (Å²) in [6, 6.07) is 0. The lowest BCUT2D eigenvalue weighted by atomic mass is 9.47. The first-order valence-electron chi connectivity index (χ1n) is 7.59. The molecule has 0 radical (unpaired) electrons. The highest BCUT2D eigenvalue weighted by atomic mass is 16.5. The molecule has 19 heavy (non-hydrogen) atoms. The van der Waals surface area contributed by atoms with Crippen molar-refractivity contribution in [2.24, 2.45) is 23.0 Å². The number of amides is 1. The van der Waals surface area contributed by atoms with Gasteiger partial charge in [0.25, 0.3) is 0 Å². The Labute approximate surface area is 115 Å². The first kappa shape index (κ1) is 13.4. The Morgan fingerprint density at radius 3 is 2.79 bits per heavy atom. The van der Waals surface area contributed by atoms with Crippen LogP contribution in [0.4, 0.5) is 0 Å². The predicted molar refractivity (Wildman–Crippen MR) is 73.5 cm³/mol. The maximum absolute atomic E-state index is 13.0. The van der Waals surface area contributed by atoms with Crippen LogP contribution < -0.4 is 5.73 Å². The van der Waals surface area contributed by atoms with Crippen molar-refractivity contribution in [2.45, 2.75) is 51.7 Å². The monoisotopic (exact) mass is 266 g/mol. The molecule has 0 aromatic carbocycles. The summed E-state index contributed by atoms with van der Waals surface area (Å²) in [6.07, 6.45) is 3.43. The summed E-state index contributed by atoms with van der Waals surface area (Å²) in [4.78, 5) is 15.0. The number of hydrogen-bond acceptors (Lipinski definition) is 3. The minimum atomic E-state index is -0.717. The largest absolute Gasteiger partial charge is 0.377 e. The molecule has 4 atom stereocenters. The average molecular weight is 266 g/mol. The van der Waals surface area contributed by atoms with Crippen molar-refractivity contribution in [3.05, 3.63) is 0 Å². The minimum absolute atomic E-state index is 0.163. The van der Waals surface area contributed by atoms with Gasteiger partial charge in [-0.2, -0.15) is 0 Å². The number of rotatable bonds is 1. The number of carbonyl (C=O) groups is 1. The van der Waals surface area contributed by atoms with Crippen molar-refractivity contribution < 1.29 is 9.53 Å². The van der Waals surface area contributed by atoms with Crippen molar-refractivity contribution in [3.8, 4) is 0 Å². The summed E-state index contributed by atoms with van der Waals surface area (Å²) < 4.78 is 5.77. The van der Waals surface area contributed by atoms with E-state index in [0.717, 1.165) is 32.5 Å². The third-order valence-corrected chi connectivity index (χ3v) is 5.75. The highest BCUT2D eigenvalue weighted by Crippen LogP contribution is 2.58. The molecule has 0 aromatic heterocycles. The van der Waals surface area contributed by atoms with Crippen molar-refractivity contribution >= 4 is 5.91 Å². The lowest BCUT2D eigenvalue weighted by molar-refractivity contribution is -0.185. The molecule has 2 saturated heterocycles. The van der Waals surface area contributed by atoms with E-state index in [-0.39, 0.29) is 23.3 Å². The highest BCUT2D eigenvalue weighted by Gasteiger charge is 2.71. The molecule has 4 nitrogen and oxygen atoms in total. The number of piperidine rings is 1. The molecule has 1 amide bonds. The van der Waals surface area contributed by atoms with Crippen LogP contribution in [0.25, 0.3) is 0 Å². The quantitative estimate of drug-likeness (QED) is 0.780. The van der Waals surface area contributed by atoms with Crippen LogP contribution in [-0.2, 0) is 9.53 Å². The van der Waals surface area contributed by atoms with Gasteiger partial charge in [0.15, 0.2) is 0 Å². The number of nitrogens with zero attached hydrogens (tertiary/aromatic N) is 1. The van der Waals surface area contributed by atoms with E-state index in [1.165, 1.54) is 6.42 Å². The van der Waals surface area contributed by atoms with Crippen LogP contribution in [-0.4, -0.2) is 42.1 Å². The van der Waals surface area contributed by atoms with Gasteiger partial charge in [-0.3, -0.25) is 4.79 Å². The molecule has 0 aromatic rings. The molecule has 3 rings (SSSR count). The SMILES string of the molecule is CC1CCCN(C(=O)C2(N)C3CCOC3C2(C)C)C1. The van der Waals surface area contributed by atoms with E-state index in [1.807, 2.05) is 4.90 Å². The van der Waals surface area contributed by atoms with Gasteiger partial charge in [0.05, 0.1) is 6.10 Å². The lowest BCUT2D eigenvalue weighted by Gasteiger charge is -2.62. The van der Waals surface area contributed by atoms with Crippen molar-refractivity contribution in [1.82, 2.24) is 4.90 Å². The van der Waals surface area contributed by atoms with Crippen LogP contribution in [0, 0.1) is 17.3 Å². The first-order valence-corrected chi connectivity index (χ1v) is 7.59. The molecule has 108 valence electrons. The molecule has 4 heteroatoms. The van der Waals surface area contributed by atoms with Crippen LogP contribution >= 0.6 is 0 Å². The zero-order valence-electron chi connectivity index (χ0n) is 12.3. The third-order valence-electron chi connectivity index (χ3n) is 5.75. The van der Waals surface area contributed by atoms with E-state index >= 15 is 0 Å². The summed E-state index contributed by atoms with van der Waals surface area (Å²) in [6.45, 7) is 8.88. The number of likely N-dealkylation sites (tertiary alicyclic amines) is 1. The summed E-state index contributed by atoms with van der Waals surface area (Å²) in [5.74, 6) is 0.975. The van der Waals surface area contributed by atoms with Gasteiger partial charge in [-0.15, -0.1) is 0 Å². The number of carbonyl (C=O) groups excluding carboxylic acids is 1. The molecule has 1 aliphatic carbocycles. The number of nitrogens with two attached hydrogens (primary N) is 1. The number of fused-ring (bicyclic) bond motifs is 1. The Morgan fingerprint density at radius 2 is 2.11 bits per heavy atom. The van der Waals surface area contributed by atoms with Gasteiger partial charge < -0.3 is 15.4 Å². The Morgan fingerprint density at radius 1 is 1.37 bits per heavy atom. The van der Waals surface area contributed by atoms with Crippen LogP contribution in [0.15, 0.2) is 0 Å². The van der Waals surface area contributed by atoms with Gasteiger partial charge in [-0.1, -0.05) is 20.8 Å². The second kappa shape index (κ2) is 4.19. The van der Waals surface area contributed by atoms with Crippen LogP contribution in [0.2, 0.25) is 0 Å². The fraction of sp³-hybridized carbons (Fsp3) is 0.933. The van der Waals surface area contributed by atoms with Crippen molar-refractivity contribution in [1.29, 1.82) is 0 Å². The summed E-state index contributed by atoms with van der Waals surface area (Å²) in [5, 5.41) is 0. The standard InChI is InChI=1S/C15H26N2O2/c1-10-5-4-7-17(9-10)13(18)15(16)11-6-8-19-12(11)14(15,2)3/h10-12H,4-9,16H2,1-3H3. The maximum Gasteiger partial charge on any atom is 0.243 e. The van der Waals surface area contributed by atoms with Gasteiger partial charge in [0, 0.05) is 31.0 Å². The average Bonchev–Trinajstić information content (AvgIpc) is 2.85. The zero-order chi connectivity index (χ0) is 13.8. The molecule has 2 N–H and O–H groups in total. The second-order valence-corrected chi connectivity index (χ2v) is 7.28. The van der Waals surface area contributed by atoms with E-state index in [0.29, 0.717) is 5.92 Å². The predicted octanol–water partition coefficient (Wildman–Crippen LogP) is 1.39. The van der Waals surface area contributed by atoms with Crippen LogP contribution in [0.1, 0.15) is 40.0 Å². The molecular weight excluding hydrogens is 240 g/mol. The minimum Gasteiger partial charge on any atom is -0.377 e. The molecule has 2 heterocycles. The molecule has 4 unspecified atom stereocenters. The lowest BCUT2D eigenvalue weighted by Crippen LogP contribution is -2.80. The summed E-state index contributed by atoms with van der Waals surface area (Å²) in [5.41, 5.74) is 5.65. The van der Waals surface area contributed by atoms with Gasteiger partial charge >= 0.3 is 0 Å². The molecule has 1 saturated carbocycles. The number of ether oxygens (including phenoxy) is 1. The Hall–Kier alpha value is -0.610. The first-order chi connectivity index (χ1) is 8.89. The van der Waals surface area contributed by atoms with Crippen molar-refractivity contribution in [2.75, 3.05) is 19.7 Å². The van der Waals surface area contributed by atoms with E-state index < -0.39 is 5.54 Å². The van der Waals surface area contributed by atoms with E-state index in [4.69, 9.17) is 10.5 Å². The van der Waals surface area contributed by atoms with E-state index in [1.54, 1.807) is 0 Å². The molecule has 0 spiro atoms. The van der Waals surface area contributed by atoms with E-state index in [9.17, 15) is 4.79 Å².